The van der Waals surface area contributed by atoms with Crippen LogP contribution in [0.15, 0.2) is 0 Å². The van der Waals surface area contributed by atoms with Gasteiger partial charge in [0.25, 0.3) is 0 Å². The van der Waals surface area contributed by atoms with E-state index >= 15 is 0 Å². The molecule has 16 heavy (non-hydrogen) atoms. The summed E-state index contributed by atoms with van der Waals surface area (Å²) in [5.74, 6) is 0.519. The lowest BCUT2D eigenvalue weighted by Gasteiger charge is -2.21. The maximum atomic E-state index is 9.82. The highest BCUT2D eigenvalue weighted by molar-refractivity contribution is 4.70. The minimum absolute atomic E-state index is 0.517. The van der Waals surface area contributed by atoms with Gasteiger partial charge in [0.1, 0.15) is 0 Å². The standard InChI is InChI=1S/C14H30O2/c1-4-6-7-8-10-13(15)14(16)11-12(3)9-5-2/h12-16H,4-11H2,1-3H3. The van der Waals surface area contributed by atoms with Crippen molar-refractivity contribution in [2.75, 3.05) is 0 Å². The first-order valence-electron chi connectivity index (χ1n) is 6.97. The van der Waals surface area contributed by atoms with E-state index in [-0.39, 0.29) is 0 Å². The molecule has 2 N–H and O–H groups in total. The highest BCUT2D eigenvalue weighted by Gasteiger charge is 2.18. The van der Waals surface area contributed by atoms with Crippen molar-refractivity contribution in [2.45, 2.75) is 84.3 Å². The number of rotatable bonds is 10. The van der Waals surface area contributed by atoms with E-state index in [0.29, 0.717) is 5.92 Å². The summed E-state index contributed by atoms with van der Waals surface area (Å²) in [6.45, 7) is 6.48. The van der Waals surface area contributed by atoms with Crippen LogP contribution in [0.5, 0.6) is 0 Å². The smallest absolute Gasteiger partial charge is 0.0801 e. The molecule has 0 rings (SSSR count). The molecule has 2 nitrogen and oxygen atoms in total. The Morgan fingerprint density at radius 3 is 2.06 bits per heavy atom. The van der Waals surface area contributed by atoms with Crippen LogP contribution in [0.4, 0.5) is 0 Å². The van der Waals surface area contributed by atoms with Crippen molar-refractivity contribution in [2.24, 2.45) is 5.92 Å². The zero-order chi connectivity index (χ0) is 12.4. The predicted octanol–water partition coefficient (Wildman–Crippen LogP) is 3.50. The highest BCUT2D eigenvalue weighted by atomic mass is 16.3. The van der Waals surface area contributed by atoms with Crippen molar-refractivity contribution in [3.05, 3.63) is 0 Å². The van der Waals surface area contributed by atoms with Gasteiger partial charge in [0, 0.05) is 0 Å². The fourth-order valence-electron chi connectivity index (χ4n) is 2.15. The first-order valence-corrected chi connectivity index (χ1v) is 6.97. The molecule has 3 unspecified atom stereocenters. The minimum atomic E-state index is -0.525. The van der Waals surface area contributed by atoms with Crippen LogP contribution >= 0.6 is 0 Å². The molecule has 0 spiro atoms. The third-order valence-electron chi connectivity index (χ3n) is 3.22. The average Bonchev–Trinajstić information content (AvgIpc) is 2.24. The number of aliphatic hydroxyl groups excluding tert-OH is 2. The van der Waals surface area contributed by atoms with Gasteiger partial charge < -0.3 is 10.2 Å². The summed E-state index contributed by atoms with van der Waals surface area (Å²) < 4.78 is 0. The number of hydrogen-bond acceptors (Lipinski definition) is 2. The van der Waals surface area contributed by atoms with Crippen LogP contribution in [-0.4, -0.2) is 22.4 Å². The maximum Gasteiger partial charge on any atom is 0.0801 e. The van der Waals surface area contributed by atoms with Gasteiger partial charge >= 0.3 is 0 Å². The van der Waals surface area contributed by atoms with Crippen LogP contribution in [0, 0.1) is 5.92 Å². The lowest BCUT2D eigenvalue weighted by Crippen LogP contribution is -2.27. The van der Waals surface area contributed by atoms with Gasteiger partial charge in [0.2, 0.25) is 0 Å². The molecule has 0 aromatic carbocycles. The molecular weight excluding hydrogens is 200 g/mol. The summed E-state index contributed by atoms with van der Waals surface area (Å²) in [6.07, 6.45) is 7.39. The monoisotopic (exact) mass is 230 g/mol. The quantitative estimate of drug-likeness (QED) is 0.564. The third-order valence-corrected chi connectivity index (χ3v) is 3.22. The summed E-state index contributed by atoms with van der Waals surface area (Å²) in [6, 6.07) is 0. The Kier molecular flexibility index (Phi) is 10.0. The zero-order valence-corrected chi connectivity index (χ0v) is 11.3. The molecule has 0 aliphatic rings. The molecule has 0 heterocycles. The summed E-state index contributed by atoms with van der Waals surface area (Å²) in [5.41, 5.74) is 0. The molecule has 0 aliphatic carbocycles. The molecule has 0 saturated carbocycles. The van der Waals surface area contributed by atoms with Crippen LogP contribution in [0.25, 0.3) is 0 Å². The SMILES string of the molecule is CCCCCCC(O)C(O)CC(C)CCC. The van der Waals surface area contributed by atoms with Crippen molar-refractivity contribution < 1.29 is 10.2 Å². The van der Waals surface area contributed by atoms with Crippen molar-refractivity contribution in [3.8, 4) is 0 Å². The zero-order valence-electron chi connectivity index (χ0n) is 11.3. The van der Waals surface area contributed by atoms with Crippen LogP contribution < -0.4 is 0 Å². The minimum Gasteiger partial charge on any atom is -0.390 e. The molecule has 0 fully saturated rings. The molecule has 0 radical (unpaired) electrons. The van der Waals surface area contributed by atoms with Crippen LogP contribution in [0.3, 0.4) is 0 Å². The molecule has 2 heteroatoms. The van der Waals surface area contributed by atoms with E-state index in [2.05, 4.69) is 20.8 Å². The fraction of sp³-hybridized carbons (Fsp3) is 1.00. The van der Waals surface area contributed by atoms with Crippen molar-refractivity contribution in [1.82, 2.24) is 0 Å². The summed E-state index contributed by atoms with van der Waals surface area (Å²) in [4.78, 5) is 0. The third kappa shape index (κ3) is 8.12. The van der Waals surface area contributed by atoms with Gasteiger partial charge in [0.15, 0.2) is 0 Å². The van der Waals surface area contributed by atoms with Gasteiger partial charge in [-0.15, -0.1) is 0 Å². The van der Waals surface area contributed by atoms with Gasteiger partial charge in [-0.3, -0.25) is 0 Å². The maximum absolute atomic E-state index is 9.82. The fourth-order valence-corrected chi connectivity index (χ4v) is 2.15. The second-order valence-corrected chi connectivity index (χ2v) is 5.11. The number of aliphatic hydroxyl groups is 2. The Hall–Kier alpha value is -0.0800. The summed E-state index contributed by atoms with van der Waals surface area (Å²) in [7, 11) is 0. The average molecular weight is 230 g/mol. The van der Waals surface area contributed by atoms with E-state index in [9.17, 15) is 10.2 Å². The molecule has 98 valence electrons. The Labute approximate surface area is 101 Å². The molecule has 0 aromatic rings. The summed E-state index contributed by atoms with van der Waals surface area (Å²) >= 11 is 0. The number of hydrogen-bond donors (Lipinski definition) is 2. The normalized spacial score (nSPS) is 17.1. The Bertz CT molecular complexity index is 148. The molecular formula is C14H30O2. The van der Waals surface area contributed by atoms with E-state index in [4.69, 9.17) is 0 Å². The Morgan fingerprint density at radius 2 is 1.50 bits per heavy atom. The first kappa shape index (κ1) is 15.9. The largest absolute Gasteiger partial charge is 0.390 e. The van der Waals surface area contributed by atoms with Gasteiger partial charge in [-0.05, 0) is 18.8 Å². The molecule has 0 bridgehead atoms. The van der Waals surface area contributed by atoms with E-state index < -0.39 is 12.2 Å². The van der Waals surface area contributed by atoms with Gasteiger partial charge in [0.05, 0.1) is 12.2 Å². The van der Waals surface area contributed by atoms with Gasteiger partial charge in [-0.25, -0.2) is 0 Å². The summed E-state index contributed by atoms with van der Waals surface area (Å²) in [5, 5.41) is 19.6. The van der Waals surface area contributed by atoms with E-state index in [1.807, 2.05) is 0 Å². The second-order valence-electron chi connectivity index (χ2n) is 5.11. The topological polar surface area (TPSA) is 40.5 Å². The molecule has 0 aromatic heterocycles. The van der Waals surface area contributed by atoms with Crippen molar-refractivity contribution in [1.29, 1.82) is 0 Å². The van der Waals surface area contributed by atoms with Crippen molar-refractivity contribution >= 4 is 0 Å². The molecule has 0 aliphatic heterocycles. The Balaban J connectivity index is 3.59. The second kappa shape index (κ2) is 10.1. The van der Waals surface area contributed by atoms with E-state index in [0.717, 1.165) is 32.1 Å². The lowest BCUT2D eigenvalue weighted by molar-refractivity contribution is -0.0000653. The van der Waals surface area contributed by atoms with Crippen LogP contribution in [0.1, 0.15) is 72.1 Å². The van der Waals surface area contributed by atoms with Crippen LogP contribution in [0.2, 0.25) is 0 Å². The van der Waals surface area contributed by atoms with Crippen LogP contribution in [-0.2, 0) is 0 Å². The molecule has 0 amide bonds. The highest BCUT2D eigenvalue weighted by Crippen LogP contribution is 2.17. The number of unbranched alkanes of at least 4 members (excludes halogenated alkanes) is 3. The lowest BCUT2D eigenvalue weighted by atomic mass is 9.94. The van der Waals surface area contributed by atoms with Gasteiger partial charge in [-0.2, -0.15) is 0 Å². The first-order chi connectivity index (χ1) is 7.61. The van der Waals surface area contributed by atoms with E-state index in [1.54, 1.807) is 0 Å². The van der Waals surface area contributed by atoms with E-state index in [1.165, 1.54) is 19.3 Å². The van der Waals surface area contributed by atoms with Crippen molar-refractivity contribution in [3.63, 3.8) is 0 Å². The predicted molar refractivity (Wildman–Crippen MR) is 69.5 cm³/mol. The Morgan fingerprint density at radius 1 is 0.812 bits per heavy atom. The van der Waals surface area contributed by atoms with Gasteiger partial charge in [-0.1, -0.05) is 59.3 Å². The molecule has 0 saturated heterocycles. The molecule has 3 atom stereocenters.